The Morgan fingerprint density at radius 1 is 1.43 bits per heavy atom. The first-order chi connectivity index (χ1) is 6.72. The molecule has 0 aromatic heterocycles. The van der Waals surface area contributed by atoms with E-state index in [1.807, 2.05) is 6.08 Å². The van der Waals surface area contributed by atoms with Crippen LogP contribution in [0.3, 0.4) is 0 Å². The fourth-order valence-corrected chi connectivity index (χ4v) is 1.65. The van der Waals surface area contributed by atoms with E-state index in [-0.39, 0.29) is 6.10 Å². The average Bonchev–Trinajstić information content (AvgIpc) is 2.10. The Labute approximate surface area is 84.7 Å². The molecule has 0 spiro atoms. The van der Waals surface area contributed by atoms with Gasteiger partial charge in [0.05, 0.1) is 12.2 Å². The minimum Gasteiger partial charge on any atom is -0.381 e. The van der Waals surface area contributed by atoms with Crippen molar-refractivity contribution in [2.75, 3.05) is 7.11 Å². The van der Waals surface area contributed by atoms with E-state index in [9.17, 15) is 0 Å². The Balaban J connectivity index is 2.40. The lowest BCUT2D eigenvalue weighted by molar-refractivity contribution is -0.121. The molecule has 82 valence electrons. The van der Waals surface area contributed by atoms with Crippen molar-refractivity contribution < 1.29 is 14.6 Å². The summed E-state index contributed by atoms with van der Waals surface area (Å²) in [6, 6.07) is 0. The Morgan fingerprint density at radius 3 is 2.86 bits per heavy atom. The van der Waals surface area contributed by atoms with Crippen LogP contribution < -0.4 is 5.73 Å². The highest BCUT2D eigenvalue weighted by Crippen LogP contribution is 2.17. The molecule has 1 aliphatic rings. The third-order valence-corrected chi connectivity index (χ3v) is 2.43. The van der Waals surface area contributed by atoms with Crippen LogP contribution in [0.1, 0.15) is 25.7 Å². The molecule has 14 heavy (non-hydrogen) atoms. The summed E-state index contributed by atoms with van der Waals surface area (Å²) in [5.41, 5.74) is 5.15. The summed E-state index contributed by atoms with van der Waals surface area (Å²) in [6.45, 7) is 0. The van der Waals surface area contributed by atoms with Crippen LogP contribution in [-0.4, -0.2) is 30.8 Å². The summed E-state index contributed by atoms with van der Waals surface area (Å²) < 4.78 is 10.4. The number of nitrogens with two attached hydrogens (primary N) is 1. The smallest absolute Gasteiger partial charge is 0.211 e. The maximum absolute atomic E-state index is 8.88. The number of rotatable bonds is 3. The second kappa shape index (κ2) is 6.14. The Kier molecular flexibility index (Phi) is 5.11. The van der Waals surface area contributed by atoms with Crippen molar-refractivity contribution >= 4 is 0 Å². The molecule has 0 fully saturated rings. The summed E-state index contributed by atoms with van der Waals surface area (Å²) >= 11 is 0. The number of aliphatic hydroxyl groups excluding tert-OH is 1. The van der Waals surface area contributed by atoms with Gasteiger partial charge in [-0.25, -0.2) is 0 Å². The molecule has 0 saturated carbocycles. The fourth-order valence-electron chi connectivity index (χ4n) is 1.65. The predicted molar refractivity (Wildman–Crippen MR) is 53.5 cm³/mol. The van der Waals surface area contributed by atoms with Gasteiger partial charge < -0.3 is 14.6 Å². The zero-order valence-electron chi connectivity index (χ0n) is 8.56. The van der Waals surface area contributed by atoms with Gasteiger partial charge in [-0.3, -0.25) is 5.73 Å². The normalized spacial score (nSPS) is 33.1. The van der Waals surface area contributed by atoms with Gasteiger partial charge in [-0.1, -0.05) is 12.2 Å². The minimum absolute atomic E-state index is 0.0899. The molecule has 3 atom stereocenters. The molecule has 0 radical (unpaired) electrons. The van der Waals surface area contributed by atoms with Crippen molar-refractivity contribution in [3.05, 3.63) is 12.2 Å². The first kappa shape index (κ1) is 11.7. The van der Waals surface area contributed by atoms with Crippen LogP contribution in [0.2, 0.25) is 0 Å². The minimum atomic E-state index is -1.19. The molecule has 4 nitrogen and oxygen atoms in total. The largest absolute Gasteiger partial charge is 0.381 e. The van der Waals surface area contributed by atoms with Crippen molar-refractivity contribution in [1.82, 2.24) is 0 Å². The lowest BCUT2D eigenvalue weighted by Gasteiger charge is -2.21. The van der Waals surface area contributed by atoms with Crippen LogP contribution in [0.5, 0.6) is 0 Å². The summed E-state index contributed by atoms with van der Waals surface area (Å²) in [5.74, 6) is 0. The highest BCUT2D eigenvalue weighted by atomic mass is 16.6. The zero-order chi connectivity index (χ0) is 10.4. The molecule has 1 aliphatic carbocycles. The third-order valence-electron chi connectivity index (χ3n) is 2.43. The van der Waals surface area contributed by atoms with E-state index in [2.05, 4.69) is 6.08 Å². The third kappa shape index (κ3) is 4.19. The van der Waals surface area contributed by atoms with Crippen LogP contribution in [0.4, 0.5) is 0 Å². The summed E-state index contributed by atoms with van der Waals surface area (Å²) in [4.78, 5) is 0. The van der Waals surface area contributed by atoms with Crippen molar-refractivity contribution in [1.29, 1.82) is 0 Å². The second-order valence-electron chi connectivity index (χ2n) is 3.51. The summed E-state index contributed by atoms with van der Waals surface area (Å²) in [7, 11) is 1.73. The second-order valence-corrected chi connectivity index (χ2v) is 3.51. The summed E-state index contributed by atoms with van der Waals surface area (Å²) in [5, 5.41) is 8.88. The number of methoxy groups -OCH3 is 1. The topological polar surface area (TPSA) is 64.7 Å². The van der Waals surface area contributed by atoms with Crippen molar-refractivity contribution in [3.8, 4) is 0 Å². The molecule has 0 aromatic carbocycles. The van der Waals surface area contributed by atoms with E-state index in [1.54, 1.807) is 7.11 Å². The van der Waals surface area contributed by atoms with E-state index in [0.29, 0.717) is 6.10 Å². The number of hydrogen-bond acceptors (Lipinski definition) is 4. The van der Waals surface area contributed by atoms with Crippen molar-refractivity contribution in [3.63, 3.8) is 0 Å². The van der Waals surface area contributed by atoms with Gasteiger partial charge in [-0.15, -0.1) is 0 Å². The highest BCUT2D eigenvalue weighted by molar-refractivity contribution is 4.92. The van der Waals surface area contributed by atoms with Crippen molar-refractivity contribution in [2.24, 2.45) is 5.73 Å². The number of aliphatic hydroxyl groups is 1. The van der Waals surface area contributed by atoms with Gasteiger partial charge in [-0.2, -0.15) is 0 Å². The molecule has 1 rings (SSSR count). The van der Waals surface area contributed by atoms with Gasteiger partial charge in [0, 0.05) is 7.11 Å². The number of hydrogen-bond donors (Lipinski definition) is 2. The van der Waals surface area contributed by atoms with Crippen molar-refractivity contribution in [2.45, 2.75) is 44.3 Å². The fraction of sp³-hybridized carbons (Fsp3) is 0.800. The lowest BCUT2D eigenvalue weighted by atomic mass is 10.0. The maximum Gasteiger partial charge on any atom is 0.211 e. The molecule has 0 heterocycles. The van der Waals surface area contributed by atoms with E-state index in [0.717, 1.165) is 25.7 Å². The standard InChI is InChI=1S/C10H19NO3/c1-13-8-4-2-3-5-9(7-6-8)14-10(11)12/h3,5,8-10,12H,2,4,6-7,11H2,1H3/b5-3+. The van der Waals surface area contributed by atoms with E-state index < -0.39 is 6.41 Å². The average molecular weight is 201 g/mol. The predicted octanol–water partition coefficient (Wildman–Crippen LogP) is 0.751. The van der Waals surface area contributed by atoms with Gasteiger partial charge in [0.25, 0.3) is 0 Å². The first-order valence-corrected chi connectivity index (χ1v) is 5.01. The summed E-state index contributed by atoms with van der Waals surface area (Å²) in [6.07, 6.45) is 6.84. The van der Waals surface area contributed by atoms with Crippen LogP contribution in [0, 0.1) is 0 Å². The van der Waals surface area contributed by atoms with E-state index >= 15 is 0 Å². The maximum atomic E-state index is 8.88. The molecule has 0 amide bonds. The van der Waals surface area contributed by atoms with Gasteiger partial charge >= 0.3 is 0 Å². The van der Waals surface area contributed by atoms with E-state index in [4.69, 9.17) is 20.3 Å². The molecule has 3 N–H and O–H groups in total. The van der Waals surface area contributed by atoms with Crippen LogP contribution >= 0.6 is 0 Å². The van der Waals surface area contributed by atoms with Gasteiger partial charge in [-0.05, 0) is 25.7 Å². The molecule has 0 aliphatic heterocycles. The molecule has 0 saturated heterocycles. The SMILES string of the molecule is COC1CC/C=C/C(OC(N)O)CC1. The number of ether oxygens (including phenoxy) is 2. The molecule has 3 unspecified atom stereocenters. The quantitative estimate of drug-likeness (QED) is 0.522. The monoisotopic (exact) mass is 201 g/mol. The molecular weight excluding hydrogens is 182 g/mol. The van der Waals surface area contributed by atoms with Gasteiger partial charge in [0.2, 0.25) is 6.41 Å². The van der Waals surface area contributed by atoms with Gasteiger partial charge in [0.1, 0.15) is 0 Å². The van der Waals surface area contributed by atoms with Gasteiger partial charge in [0.15, 0.2) is 0 Å². The Morgan fingerprint density at radius 2 is 2.21 bits per heavy atom. The van der Waals surface area contributed by atoms with Crippen LogP contribution in [0.25, 0.3) is 0 Å². The zero-order valence-corrected chi connectivity index (χ0v) is 8.56. The first-order valence-electron chi connectivity index (χ1n) is 5.01. The molecular formula is C10H19NO3. The Hall–Kier alpha value is -0.420. The lowest BCUT2D eigenvalue weighted by Crippen LogP contribution is -2.29. The molecule has 0 bridgehead atoms. The number of allylic oxidation sites excluding steroid dienone is 1. The van der Waals surface area contributed by atoms with E-state index in [1.165, 1.54) is 0 Å². The molecule has 0 aromatic rings. The Bertz CT molecular complexity index is 182. The molecule has 4 heteroatoms. The highest BCUT2D eigenvalue weighted by Gasteiger charge is 2.15. The van der Waals surface area contributed by atoms with Crippen LogP contribution in [0.15, 0.2) is 12.2 Å². The van der Waals surface area contributed by atoms with Crippen LogP contribution in [-0.2, 0) is 9.47 Å².